The van der Waals surface area contributed by atoms with Gasteiger partial charge in [-0.2, -0.15) is 0 Å². The summed E-state index contributed by atoms with van der Waals surface area (Å²) in [6.45, 7) is 11.6. The van der Waals surface area contributed by atoms with Gasteiger partial charge >= 0.3 is 0 Å². The van der Waals surface area contributed by atoms with Gasteiger partial charge in [-0.05, 0) is 69.0 Å². The number of anilines is 1. The summed E-state index contributed by atoms with van der Waals surface area (Å²) in [4.78, 5) is 28.2. The van der Waals surface area contributed by atoms with E-state index in [1.54, 1.807) is 43.3 Å². The molecule has 2 amide bonds. The van der Waals surface area contributed by atoms with Gasteiger partial charge in [-0.25, -0.2) is 8.42 Å². The number of benzene rings is 3. The summed E-state index contributed by atoms with van der Waals surface area (Å²) in [5.74, 6) is -0.504. The average Bonchev–Trinajstić information content (AvgIpc) is 2.91. The lowest BCUT2D eigenvalue weighted by molar-refractivity contribution is -0.139. The summed E-state index contributed by atoms with van der Waals surface area (Å²) in [5.41, 5.74) is 4.30. The number of amides is 2. The Labute approximate surface area is 232 Å². The molecule has 0 spiro atoms. The Bertz CT molecular complexity index is 1370. The molecule has 208 valence electrons. The van der Waals surface area contributed by atoms with Crippen LogP contribution in [0.3, 0.4) is 0 Å². The summed E-state index contributed by atoms with van der Waals surface area (Å²) >= 11 is 0. The molecule has 3 rings (SSSR count). The van der Waals surface area contributed by atoms with Crippen LogP contribution in [0.15, 0.2) is 77.7 Å². The first kappa shape index (κ1) is 29.9. The van der Waals surface area contributed by atoms with Crippen LogP contribution in [0, 0.1) is 13.8 Å². The van der Waals surface area contributed by atoms with Crippen LogP contribution in [0.4, 0.5) is 5.69 Å². The summed E-state index contributed by atoms with van der Waals surface area (Å²) in [6, 6.07) is 20.7. The zero-order valence-electron chi connectivity index (χ0n) is 23.6. The summed E-state index contributed by atoms with van der Waals surface area (Å²) in [7, 11) is -4.08. The number of nitrogens with zero attached hydrogens (tertiary/aromatic N) is 2. The first-order chi connectivity index (χ1) is 18.4. The minimum Gasteiger partial charge on any atom is -0.355 e. The topological polar surface area (TPSA) is 86.8 Å². The van der Waals surface area contributed by atoms with Crippen molar-refractivity contribution in [2.24, 2.45) is 0 Å². The van der Waals surface area contributed by atoms with Crippen molar-refractivity contribution in [2.45, 2.75) is 64.9 Å². The molecule has 1 atom stereocenters. The van der Waals surface area contributed by atoms with E-state index < -0.39 is 28.5 Å². The van der Waals surface area contributed by atoms with E-state index in [-0.39, 0.29) is 23.3 Å². The highest BCUT2D eigenvalue weighted by Gasteiger charge is 2.32. The van der Waals surface area contributed by atoms with E-state index in [1.807, 2.05) is 57.2 Å². The van der Waals surface area contributed by atoms with Crippen molar-refractivity contribution < 1.29 is 18.0 Å². The maximum absolute atomic E-state index is 13.9. The SMILES string of the molecule is CCNC(=O)[C@@H](C)N(Cc1ccc(C)cc1)C(=O)CN(c1ccc(C(C)C)cc1)S(=O)(=O)c1ccc(C)cc1. The number of nitrogens with one attached hydrogen (secondary N) is 1. The molecular weight excluding hydrogens is 510 g/mol. The van der Waals surface area contributed by atoms with Crippen LogP contribution in [0.2, 0.25) is 0 Å². The molecule has 3 aromatic rings. The van der Waals surface area contributed by atoms with Crippen LogP contribution in [0.25, 0.3) is 0 Å². The van der Waals surface area contributed by atoms with Crippen LogP contribution in [-0.2, 0) is 26.2 Å². The Hall–Kier alpha value is -3.65. The van der Waals surface area contributed by atoms with Crippen molar-refractivity contribution >= 4 is 27.5 Å². The average molecular weight is 550 g/mol. The van der Waals surface area contributed by atoms with Gasteiger partial charge in [0.15, 0.2) is 0 Å². The molecule has 8 heteroatoms. The molecular formula is C31H39N3O4S. The van der Waals surface area contributed by atoms with E-state index in [4.69, 9.17) is 0 Å². The van der Waals surface area contributed by atoms with Crippen LogP contribution >= 0.6 is 0 Å². The highest BCUT2D eigenvalue weighted by Crippen LogP contribution is 2.27. The first-order valence-corrected chi connectivity index (χ1v) is 14.7. The third-order valence-electron chi connectivity index (χ3n) is 6.73. The summed E-state index contributed by atoms with van der Waals surface area (Å²) in [6.07, 6.45) is 0. The number of hydrogen-bond donors (Lipinski definition) is 1. The second kappa shape index (κ2) is 12.9. The van der Waals surface area contributed by atoms with Crippen molar-refractivity contribution in [1.29, 1.82) is 0 Å². The molecule has 0 heterocycles. The van der Waals surface area contributed by atoms with Gasteiger partial charge in [0.1, 0.15) is 12.6 Å². The lowest BCUT2D eigenvalue weighted by Crippen LogP contribution is -2.51. The fraction of sp³-hybridized carbons (Fsp3) is 0.355. The van der Waals surface area contributed by atoms with Crippen molar-refractivity contribution in [3.63, 3.8) is 0 Å². The number of rotatable bonds is 11. The van der Waals surface area contributed by atoms with Gasteiger partial charge in [-0.1, -0.05) is 73.5 Å². The highest BCUT2D eigenvalue weighted by molar-refractivity contribution is 7.92. The Kier molecular flexibility index (Phi) is 9.92. The maximum Gasteiger partial charge on any atom is 0.264 e. The smallest absolute Gasteiger partial charge is 0.264 e. The molecule has 0 radical (unpaired) electrons. The number of carbonyl (C=O) groups excluding carboxylic acids is 2. The number of hydrogen-bond acceptors (Lipinski definition) is 4. The number of sulfonamides is 1. The maximum atomic E-state index is 13.9. The molecule has 0 aromatic heterocycles. The molecule has 0 fully saturated rings. The third kappa shape index (κ3) is 7.47. The normalized spacial score (nSPS) is 12.2. The second-order valence-corrected chi connectivity index (χ2v) is 12.0. The van der Waals surface area contributed by atoms with E-state index >= 15 is 0 Å². The van der Waals surface area contributed by atoms with E-state index in [1.165, 1.54) is 4.90 Å². The van der Waals surface area contributed by atoms with Crippen LogP contribution < -0.4 is 9.62 Å². The zero-order valence-corrected chi connectivity index (χ0v) is 24.5. The van der Waals surface area contributed by atoms with Crippen molar-refractivity contribution in [3.8, 4) is 0 Å². The predicted molar refractivity (Wildman–Crippen MR) is 156 cm³/mol. The molecule has 0 aliphatic carbocycles. The third-order valence-corrected chi connectivity index (χ3v) is 8.52. The fourth-order valence-electron chi connectivity index (χ4n) is 4.19. The van der Waals surface area contributed by atoms with Gasteiger partial charge in [0.2, 0.25) is 11.8 Å². The van der Waals surface area contributed by atoms with E-state index in [0.717, 1.165) is 26.6 Å². The number of carbonyl (C=O) groups is 2. The summed E-state index contributed by atoms with van der Waals surface area (Å²) in [5, 5.41) is 2.77. The van der Waals surface area contributed by atoms with Crippen LogP contribution in [-0.4, -0.2) is 44.3 Å². The Morgan fingerprint density at radius 1 is 0.821 bits per heavy atom. The molecule has 0 bridgehead atoms. The number of likely N-dealkylation sites (N-methyl/N-ethyl adjacent to an activating group) is 1. The minimum absolute atomic E-state index is 0.0932. The van der Waals surface area contributed by atoms with Gasteiger partial charge in [0.25, 0.3) is 10.0 Å². The van der Waals surface area contributed by atoms with Gasteiger partial charge in [0.05, 0.1) is 10.6 Å². The Morgan fingerprint density at radius 3 is 1.87 bits per heavy atom. The lowest BCUT2D eigenvalue weighted by atomic mass is 10.0. The first-order valence-electron chi connectivity index (χ1n) is 13.3. The molecule has 0 aliphatic heterocycles. The van der Waals surface area contributed by atoms with Crippen molar-refractivity contribution in [1.82, 2.24) is 10.2 Å². The van der Waals surface area contributed by atoms with Crippen LogP contribution in [0.5, 0.6) is 0 Å². The molecule has 0 unspecified atom stereocenters. The van der Waals surface area contributed by atoms with Gasteiger partial charge in [-0.15, -0.1) is 0 Å². The van der Waals surface area contributed by atoms with Gasteiger partial charge < -0.3 is 10.2 Å². The van der Waals surface area contributed by atoms with Crippen molar-refractivity contribution in [2.75, 3.05) is 17.4 Å². The molecule has 1 N–H and O–H groups in total. The second-order valence-electron chi connectivity index (χ2n) is 10.1. The largest absolute Gasteiger partial charge is 0.355 e. The molecule has 7 nitrogen and oxygen atoms in total. The Balaban J connectivity index is 2.03. The zero-order chi connectivity index (χ0) is 28.7. The molecule has 0 saturated heterocycles. The fourth-order valence-corrected chi connectivity index (χ4v) is 5.60. The quantitative estimate of drug-likeness (QED) is 0.357. The Morgan fingerprint density at radius 2 is 1.36 bits per heavy atom. The predicted octanol–water partition coefficient (Wildman–Crippen LogP) is 5.18. The lowest BCUT2D eigenvalue weighted by Gasteiger charge is -2.32. The molecule has 0 saturated carbocycles. The molecule has 3 aromatic carbocycles. The number of aryl methyl sites for hydroxylation is 2. The van der Waals surface area contributed by atoms with E-state index in [0.29, 0.717) is 12.2 Å². The van der Waals surface area contributed by atoms with E-state index in [2.05, 4.69) is 19.2 Å². The summed E-state index contributed by atoms with van der Waals surface area (Å²) < 4.78 is 28.9. The standard InChI is InChI=1S/C31H39N3O4S/c1-7-32-31(36)25(6)33(20-26-12-8-23(4)9-13-26)30(35)21-34(28-16-14-27(15-17-28)22(2)3)39(37,38)29-18-10-24(5)11-19-29/h8-19,22,25H,7,20-21H2,1-6H3,(H,32,36)/t25-/m1/s1. The molecule has 0 aliphatic rings. The minimum atomic E-state index is -4.08. The van der Waals surface area contributed by atoms with Crippen molar-refractivity contribution in [3.05, 3.63) is 95.1 Å². The van der Waals surface area contributed by atoms with E-state index in [9.17, 15) is 18.0 Å². The van der Waals surface area contributed by atoms with Gasteiger partial charge in [-0.3, -0.25) is 13.9 Å². The molecule has 39 heavy (non-hydrogen) atoms. The van der Waals surface area contributed by atoms with Gasteiger partial charge in [0, 0.05) is 13.1 Å². The monoisotopic (exact) mass is 549 g/mol. The van der Waals surface area contributed by atoms with Crippen LogP contribution in [0.1, 0.15) is 55.9 Å². The highest BCUT2D eigenvalue weighted by atomic mass is 32.2.